The summed E-state index contributed by atoms with van der Waals surface area (Å²) in [5.74, 6) is 0.191. The zero-order valence-electron chi connectivity index (χ0n) is 16.5. The molecule has 0 bridgehead atoms. The van der Waals surface area contributed by atoms with E-state index in [4.69, 9.17) is 8.92 Å². The molecule has 150 valence electrons. The van der Waals surface area contributed by atoms with Crippen molar-refractivity contribution in [3.63, 3.8) is 0 Å². The van der Waals surface area contributed by atoms with Crippen molar-refractivity contribution in [1.29, 1.82) is 0 Å². The molecule has 1 unspecified atom stereocenters. The molecule has 2 aromatic carbocycles. The van der Waals surface area contributed by atoms with Crippen LogP contribution in [0.25, 0.3) is 0 Å². The Bertz CT molecular complexity index is 944. The fourth-order valence-corrected chi connectivity index (χ4v) is 3.97. The third-order valence-electron chi connectivity index (χ3n) is 4.63. The van der Waals surface area contributed by atoms with Crippen molar-refractivity contribution >= 4 is 16.0 Å². The van der Waals surface area contributed by atoms with Crippen molar-refractivity contribution in [2.24, 2.45) is 0 Å². The molecular formula is C21H25NO5S. The quantitative estimate of drug-likeness (QED) is 0.731. The van der Waals surface area contributed by atoms with E-state index in [1.54, 1.807) is 41.3 Å². The highest BCUT2D eigenvalue weighted by Gasteiger charge is 2.34. The van der Waals surface area contributed by atoms with Gasteiger partial charge in [-0.25, -0.2) is 0 Å². The molecule has 6 nitrogen and oxygen atoms in total. The number of aryl methyl sites for hydroxylation is 1. The molecule has 1 aliphatic heterocycles. The van der Waals surface area contributed by atoms with Gasteiger partial charge in [-0.1, -0.05) is 29.8 Å². The lowest BCUT2D eigenvalue weighted by molar-refractivity contribution is -0.156. The van der Waals surface area contributed by atoms with E-state index in [2.05, 4.69) is 0 Å². The zero-order chi connectivity index (χ0) is 20.5. The first-order valence-corrected chi connectivity index (χ1v) is 10.5. The summed E-state index contributed by atoms with van der Waals surface area (Å²) in [6.07, 6.45) is -0.264. The molecule has 1 atom stereocenters. The minimum atomic E-state index is -3.89. The number of carbonyl (C=O) groups is 1. The highest BCUT2D eigenvalue weighted by Crippen LogP contribution is 2.29. The van der Waals surface area contributed by atoms with Gasteiger partial charge in [-0.2, -0.15) is 8.42 Å². The highest BCUT2D eigenvalue weighted by molar-refractivity contribution is 7.87. The predicted octanol–water partition coefficient (Wildman–Crippen LogP) is 3.46. The summed E-state index contributed by atoms with van der Waals surface area (Å²) in [5.41, 5.74) is 1.55. The van der Waals surface area contributed by atoms with Gasteiger partial charge in [-0.05, 0) is 57.5 Å². The second kappa shape index (κ2) is 7.56. The van der Waals surface area contributed by atoms with Crippen LogP contribution in [0.15, 0.2) is 53.4 Å². The predicted molar refractivity (Wildman–Crippen MR) is 106 cm³/mol. The van der Waals surface area contributed by atoms with E-state index >= 15 is 0 Å². The molecule has 3 rings (SSSR count). The Kier molecular flexibility index (Phi) is 5.50. The van der Waals surface area contributed by atoms with Gasteiger partial charge in [0.25, 0.3) is 0 Å². The summed E-state index contributed by atoms with van der Waals surface area (Å²) >= 11 is 0. The minimum Gasteiger partial charge on any atom is -0.379 e. The number of benzene rings is 2. The number of amides is 1. The van der Waals surface area contributed by atoms with Crippen LogP contribution in [0.5, 0.6) is 5.75 Å². The summed E-state index contributed by atoms with van der Waals surface area (Å²) < 4.78 is 35.7. The van der Waals surface area contributed by atoms with Crippen molar-refractivity contribution in [2.75, 3.05) is 13.2 Å². The van der Waals surface area contributed by atoms with Crippen LogP contribution >= 0.6 is 0 Å². The van der Waals surface area contributed by atoms with Crippen molar-refractivity contribution in [3.8, 4) is 5.75 Å². The smallest absolute Gasteiger partial charge is 0.339 e. The van der Waals surface area contributed by atoms with Crippen LogP contribution in [-0.2, 0) is 19.6 Å². The standard InChI is InChI=1S/C21H25NO5S/c1-15-5-11-18(12-6-15)28(24,25)27-17-9-7-16(8-10-17)19-13-22(21(2,3)4)20(23)14-26-19/h5-12,19H,13-14H2,1-4H3. The molecular weight excluding hydrogens is 378 g/mol. The highest BCUT2D eigenvalue weighted by atomic mass is 32.2. The van der Waals surface area contributed by atoms with Crippen LogP contribution in [0.3, 0.4) is 0 Å². The number of morpholine rings is 1. The van der Waals surface area contributed by atoms with Gasteiger partial charge in [0.05, 0.1) is 6.54 Å². The van der Waals surface area contributed by atoms with E-state index in [1.807, 2.05) is 27.7 Å². The fourth-order valence-electron chi connectivity index (χ4n) is 3.04. The van der Waals surface area contributed by atoms with Crippen molar-refractivity contribution < 1.29 is 22.1 Å². The fraction of sp³-hybridized carbons (Fsp3) is 0.381. The van der Waals surface area contributed by atoms with Gasteiger partial charge in [0.15, 0.2) is 0 Å². The molecule has 0 saturated carbocycles. The van der Waals surface area contributed by atoms with Gasteiger partial charge in [0, 0.05) is 5.54 Å². The van der Waals surface area contributed by atoms with Crippen molar-refractivity contribution in [3.05, 3.63) is 59.7 Å². The largest absolute Gasteiger partial charge is 0.379 e. The van der Waals surface area contributed by atoms with Crippen LogP contribution in [0.2, 0.25) is 0 Å². The maximum Gasteiger partial charge on any atom is 0.339 e. The monoisotopic (exact) mass is 403 g/mol. The van der Waals surface area contributed by atoms with Crippen LogP contribution in [0.1, 0.15) is 38.0 Å². The number of carbonyl (C=O) groups excluding carboxylic acids is 1. The van der Waals surface area contributed by atoms with Gasteiger partial charge in [-0.3, -0.25) is 4.79 Å². The van der Waals surface area contributed by atoms with Crippen LogP contribution in [0.4, 0.5) is 0 Å². The maximum absolute atomic E-state index is 12.4. The first kappa shape index (κ1) is 20.4. The van der Waals surface area contributed by atoms with Gasteiger partial charge < -0.3 is 13.8 Å². The molecule has 1 saturated heterocycles. The number of nitrogens with zero attached hydrogens (tertiary/aromatic N) is 1. The zero-order valence-corrected chi connectivity index (χ0v) is 17.3. The van der Waals surface area contributed by atoms with Crippen molar-refractivity contribution in [2.45, 2.75) is 44.2 Å². The van der Waals surface area contributed by atoms with Gasteiger partial charge in [-0.15, -0.1) is 0 Å². The van der Waals surface area contributed by atoms with E-state index < -0.39 is 10.1 Å². The Hall–Kier alpha value is -2.38. The Balaban J connectivity index is 1.73. The maximum atomic E-state index is 12.4. The Morgan fingerprint density at radius 1 is 1.04 bits per heavy atom. The van der Waals surface area contributed by atoms with Crippen LogP contribution in [0, 0.1) is 6.92 Å². The average molecular weight is 404 g/mol. The Morgan fingerprint density at radius 3 is 2.21 bits per heavy atom. The molecule has 0 aromatic heterocycles. The van der Waals surface area contributed by atoms with E-state index in [-0.39, 0.29) is 34.8 Å². The molecule has 28 heavy (non-hydrogen) atoms. The summed E-state index contributed by atoms with van der Waals surface area (Å²) in [4.78, 5) is 14.0. The Labute approximate surface area is 166 Å². The molecule has 7 heteroatoms. The third-order valence-corrected chi connectivity index (χ3v) is 5.90. The third kappa shape index (κ3) is 4.54. The lowest BCUT2D eigenvalue weighted by Crippen LogP contribution is -2.52. The number of hydrogen-bond acceptors (Lipinski definition) is 5. The first-order valence-electron chi connectivity index (χ1n) is 9.09. The van der Waals surface area contributed by atoms with Crippen LogP contribution < -0.4 is 4.18 Å². The molecule has 1 amide bonds. The summed E-state index contributed by atoms with van der Waals surface area (Å²) in [7, 11) is -3.89. The normalized spacial score (nSPS) is 18.2. The van der Waals surface area contributed by atoms with Gasteiger partial charge >= 0.3 is 10.1 Å². The first-order chi connectivity index (χ1) is 13.1. The molecule has 2 aromatic rings. The second-order valence-corrected chi connectivity index (χ2v) is 9.44. The molecule has 1 heterocycles. The lowest BCUT2D eigenvalue weighted by Gasteiger charge is -2.41. The molecule has 1 aliphatic rings. The SMILES string of the molecule is Cc1ccc(S(=O)(=O)Oc2ccc(C3CN(C(C)(C)C)C(=O)CO3)cc2)cc1. The average Bonchev–Trinajstić information content (AvgIpc) is 2.62. The summed E-state index contributed by atoms with van der Waals surface area (Å²) in [5, 5.41) is 0. The van der Waals surface area contributed by atoms with E-state index in [0.29, 0.717) is 6.54 Å². The molecule has 0 N–H and O–H groups in total. The summed E-state index contributed by atoms with van der Waals surface area (Å²) in [6.45, 7) is 8.32. The summed E-state index contributed by atoms with van der Waals surface area (Å²) in [6, 6.07) is 13.2. The lowest BCUT2D eigenvalue weighted by atomic mass is 10.0. The van der Waals surface area contributed by atoms with Crippen molar-refractivity contribution in [1.82, 2.24) is 4.90 Å². The molecule has 1 fully saturated rings. The number of rotatable bonds is 4. The van der Waals surface area contributed by atoms with Gasteiger partial charge in [0.2, 0.25) is 5.91 Å². The van der Waals surface area contributed by atoms with E-state index in [0.717, 1.165) is 11.1 Å². The second-order valence-electron chi connectivity index (χ2n) is 7.89. The molecule has 0 aliphatic carbocycles. The van der Waals surface area contributed by atoms with Crippen LogP contribution in [-0.4, -0.2) is 37.9 Å². The number of ether oxygens (including phenoxy) is 1. The number of hydrogen-bond donors (Lipinski definition) is 0. The Morgan fingerprint density at radius 2 is 1.64 bits per heavy atom. The van der Waals surface area contributed by atoms with E-state index in [9.17, 15) is 13.2 Å². The molecule has 0 radical (unpaired) electrons. The molecule has 0 spiro atoms. The van der Waals surface area contributed by atoms with E-state index in [1.165, 1.54) is 12.1 Å². The minimum absolute atomic E-state index is 0.0298. The van der Waals surface area contributed by atoms with Gasteiger partial charge in [0.1, 0.15) is 23.4 Å². The topological polar surface area (TPSA) is 72.9 Å².